The third-order valence-electron chi connectivity index (χ3n) is 4.00. The molecule has 2 heterocycles. The first-order valence-electron chi connectivity index (χ1n) is 7.94. The zero-order chi connectivity index (χ0) is 19.8. The second-order valence-corrected chi connectivity index (χ2v) is 8.60. The highest BCUT2D eigenvalue weighted by molar-refractivity contribution is 7.89. The van der Waals surface area contributed by atoms with Crippen LogP contribution >= 0.6 is 11.3 Å². The summed E-state index contributed by atoms with van der Waals surface area (Å²) in [4.78, 5) is 11.3. The number of halogens is 3. The highest BCUT2D eigenvalue weighted by Crippen LogP contribution is 2.42. The van der Waals surface area contributed by atoms with Crippen molar-refractivity contribution in [1.29, 1.82) is 0 Å². The highest BCUT2D eigenvalue weighted by Gasteiger charge is 2.37. The van der Waals surface area contributed by atoms with Crippen LogP contribution < -0.4 is 4.72 Å². The minimum atomic E-state index is -4.56. The predicted octanol–water partition coefficient (Wildman–Crippen LogP) is 2.61. The van der Waals surface area contributed by atoms with E-state index in [1.165, 1.54) is 16.1 Å². The van der Waals surface area contributed by atoms with Crippen LogP contribution in [0.5, 0.6) is 0 Å². The van der Waals surface area contributed by atoms with E-state index in [2.05, 4.69) is 14.6 Å². The minimum Gasteiger partial charge on any atom is -0.465 e. The van der Waals surface area contributed by atoms with E-state index in [-0.39, 0.29) is 28.8 Å². The lowest BCUT2D eigenvalue weighted by Gasteiger charge is -2.09. The molecule has 3 rings (SSSR count). The van der Waals surface area contributed by atoms with Crippen molar-refractivity contribution in [3.63, 3.8) is 0 Å². The van der Waals surface area contributed by atoms with E-state index in [1.54, 1.807) is 0 Å². The fraction of sp³-hybridized carbons (Fsp3) is 0.467. The number of sulfonamides is 1. The van der Waals surface area contributed by atoms with Crippen LogP contribution in [0.3, 0.4) is 0 Å². The molecule has 2 aromatic rings. The van der Waals surface area contributed by atoms with E-state index in [1.807, 2.05) is 0 Å². The molecule has 27 heavy (non-hydrogen) atoms. The molecule has 0 aliphatic heterocycles. The smallest absolute Gasteiger partial charge is 0.435 e. The van der Waals surface area contributed by atoms with Crippen LogP contribution in [0.2, 0.25) is 0 Å². The number of thiophene rings is 1. The molecule has 0 amide bonds. The van der Waals surface area contributed by atoms with Gasteiger partial charge in [-0.1, -0.05) is 0 Å². The monoisotopic (exact) mass is 423 g/mol. The number of hydrogen-bond acceptors (Lipinski definition) is 6. The Balaban J connectivity index is 1.72. The summed E-state index contributed by atoms with van der Waals surface area (Å²) in [5, 5.41) is 5.01. The maximum absolute atomic E-state index is 12.9. The van der Waals surface area contributed by atoms with Gasteiger partial charge in [-0.05, 0) is 30.4 Å². The summed E-state index contributed by atoms with van der Waals surface area (Å²) in [6, 6.07) is 2.28. The molecule has 0 radical (unpaired) electrons. The number of hydrogen-bond donors (Lipinski definition) is 1. The SMILES string of the molecule is COC(=O)c1sccc1S(=O)(=O)NCCn1nc(C(F)(F)F)cc1C1CC1. The van der Waals surface area contributed by atoms with Crippen LogP contribution in [0.25, 0.3) is 0 Å². The fourth-order valence-electron chi connectivity index (χ4n) is 2.57. The van der Waals surface area contributed by atoms with Gasteiger partial charge in [-0.25, -0.2) is 17.9 Å². The molecule has 0 aromatic carbocycles. The number of nitrogens with zero attached hydrogens (tertiary/aromatic N) is 2. The zero-order valence-electron chi connectivity index (χ0n) is 14.1. The number of ether oxygens (including phenoxy) is 1. The van der Waals surface area contributed by atoms with Gasteiger partial charge in [-0.3, -0.25) is 4.68 Å². The van der Waals surface area contributed by atoms with Crippen LogP contribution in [0, 0.1) is 0 Å². The van der Waals surface area contributed by atoms with E-state index in [9.17, 15) is 26.4 Å². The van der Waals surface area contributed by atoms with Crippen LogP contribution in [-0.4, -0.2) is 37.8 Å². The van der Waals surface area contributed by atoms with E-state index in [0.717, 1.165) is 37.4 Å². The molecule has 12 heteroatoms. The quantitative estimate of drug-likeness (QED) is 0.692. The molecule has 0 unspecified atom stereocenters. The van der Waals surface area contributed by atoms with Crippen LogP contribution in [-0.2, 0) is 27.5 Å². The summed E-state index contributed by atoms with van der Waals surface area (Å²) in [5.74, 6) is -0.753. The average molecular weight is 423 g/mol. The number of carbonyl (C=O) groups is 1. The normalized spacial score (nSPS) is 15.1. The van der Waals surface area contributed by atoms with E-state index < -0.39 is 27.9 Å². The van der Waals surface area contributed by atoms with Gasteiger partial charge >= 0.3 is 12.1 Å². The Morgan fingerprint density at radius 1 is 1.44 bits per heavy atom. The third kappa shape index (κ3) is 4.33. The van der Waals surface area contributed by atoms with Gasteiger partial charge in [0.2, 0.25) is 10.0 Å². The molecule has 2 aromatic heterocycles. The summed E-state index contributed by atoms with van der Waals surface area (Å²) in [6.45, 7) is -0.226. The lowest BCUT2D eigenvalue weighted by atomic mass is 10.2. The van der Waals surface area contributed by atoms with Crippen molar-refractivity contribution in [3.05, 3.63) is 33.8 Å². The minimum absolute atomic E-state index is 0.0213. The van der Waals surface area contributed by atoms with Gasteiger partial charge in [0.15, 0.2) is 5.69 Å². The molecule has 1 N–H and O–H groups in total. The first-order chi connectivity index (χ1) is 12.6. The molecule has 0 spiro atoms. The largest absolute Gasteiger partial charge is 0.465 e. The van der Waals surface area contributed by atoms with Crippen molar-refractivity contribution >= 4 is 27.3 Å². The van der Waals surface area contributed by atoms with E-state index in [0.29, 0.717) is 5.69 Å². The first kappa shape index (κ1) is 19.8. The number of rotatable bonds is 7. The molecule has 1 aliphatic rings. The van der Waals surface area contributed by atoms with Crippen molar-refractivity contribution in [1.82, 2.24) is 14.5 Å². The van der Waals surface area contributed by atoms with E-state index >= 15 is 0 Å². The Hall–Kier alpha value is -1.92. The van der Waals surface area contributed by atoms with Gasteiger partial charge in [0.1, 0.15) is 9.77 Å². The van der Waals surface area contributed by atoms with Gasteiger partial charge < -0.3 is 4.74 Å². The molecule has 148 valence electrons. The second kappa shape index (κ2) is 7.24. The maximum Gasteiger partial charge on any atom is 0.435 e. The third-order valence-corrected chi connectivity index (χ3v) is 6.53. The number of carbonyl (C=O) groups excluding carboxylic acids is 1. The van der Waals surface area contributed by atoms with Gasteiger partial charge in [-0.15, -0.1) is 11.3 Å². The molecule has 1 aliphatic carbocycles. The molecule has 1 saturated carbocycles. The molecular weight excluding hydrogens is 407 g/mol. The zero-order valence-corrected chi connectivity index (χ0v) is 15.7. The summed E-state index contributed by atoms with van der Waals surface area (Å²) < 4.78 is 71.5. The fourth-order valence-corrected chi connectivity index (χ4v) is 4.92. The number of nitrogens with one attached hydrogen (secondary N) is 1. The molecule has 0 bridgehead atoms. The van der Waals surface area contributed by atoms with Crippen LogP contribution in [0.15, 0.2) is 22.4 Å². The number of alkyl halides is 3. The van der Waals surface area contributed by atoms with Crippen LogP contribution in [0.1, 0.15) is 39.8 Å². The van der Waals surface area contributed by atoms with Gasteiger partial charge in [0, 0.05) is 18.2 Å². The molecule has 7 nitrogen and oxygen atoms in total. The van der Waals surface area contributed by atoms with Gasteiger partial charge in [-0.2, -0.15) is 18.3 Å². The molecular formula is C15H16F3N3O4S2. The Bertz CT molecular complexity index is 946. The number of aromatic nitrogens is 2. The van der Waals surface area contributed by atoms with Crippen molar-refractivity contribution in [2.75, 3.05) is 13.7 Å². The molecule has 0 saturated heterocycles. The second-order valence-electron chi connectivity index (χ2n) is 5.95. The summed E-state index contributed by atoms with van der Waals surface area (Å²) in [6.07, 6.45) is -2.99. The molecule has 1 fully saturated rings. The van der Waals surface area contributed by atoms with Crippen molar-refractivity contribution < 1.29 is 31.1 Å². The van der Waals surface area contributed by atoms with Gasteiger partial charge in [0.25, 0.3) is 0 Å². The summed E-state index contributed by atoms with van der Waals surface area (Å²) in [5.41, 5.74) is -0.537. The average Bonchev–Trinajstić information content (AvgIpc) is 3.13. The van der Waals surface area contributed by atoms with Crippen molar-refractivity contribution in [2.45, 2.75) is 36.4 Å². The summed E-state index contributed by atoms with van der Waals surface area (Å²) in [7, 11) is -2.88. The standard InChI is InChI=1S/C15H16F3N3O4S2/c1-25-14(22)13-11(4-7-26-13)27(23,24)19-5-6-21-10(9-2-3-9)8-12(20-21)15(16,17)18/h4,7-9,19H,2-3,5-6H2,1H3. The van der Waals surface area contributed by atoms with Crippen LogP contribution in [0.4, 0.5) is 13.2 Å². The summed E-state index contributed by atoms with van der Waals surface area (Å²) >= 11 is 0.923. The Morgan fingerprint density at radius 3 is 2.74 bits per heavy atom. The number of methoxy groups -OCH3 is 1. The van der Waals surface area contributed by atoms with Crippen molar-refractivity contribution in [2.24, 2.45) is 0 Å². The lowest BCUT2D eigenvalue weighted by Crippen LogP contribution is -2.29. The first-order valence-corrected chi connectivity index (χ1v) is 10.3. The number of esters is 1. The predicted molar refractivity (Wildman–Crippen MR) is 90.1 cm³/mol. The van der Waals surface area contributed by atoms with Crippen molar-refractivity contribution in [3.8, 4) is 0 Å². The topological polar surface area (TPSA) is 90.3 Å². The Labute approximate surface area is 157 Å². The Morgan fingerprint density at radius 2 is 2.15 bits per heavy atom. The maximum atomic E-state index is 12.9. The van der Waals surface area contributed by atoms with Gasteiger partial charge in [0.05, 0.1) is 13.7 Å². The highest BCUT2D eigenvalue weighted by atomic mass is 32.2. The lowest BCUT2D eigenvalue weighted by molar-refractivity contribution is -0.141. The Kier molecular flexibility index (Phi) is 5.32. The van der Waals surface area contributed by atoms with E-state index in [4.69, 9.17) is 0 Å². The molecule has 0 atom stereocenters.